The van der Waals surface area contributed by atoms with E-state index in [2.05, 4.69) is 18.8 Å². The summed E-state index contributed by atoms with van der Waals surface area (Å²) in [6.07, 6.45) is 2.83. The van der Waals surface area contributed by atoms with Crippen LogP contribution >= 0.6 is 0 Å². The van der Waals surface area contributed by atoms with E-state index in [-0.39, 0.29) is 5.88 Å². The highest BCUT2D eigenvalue weighted by atomic mass is 16.3. The van der Waals surface area contributed by atoms with Crippen molar-refractivity contribution in [2.75, 3.05) is 0 Å². The molecule has 12 heavy (non-hydrogen) atoms. The molecule has 3 nitrogen and oxygen atoms in total. The zero-order valence-electron chi connectivity index (χ0n) is 7.70. The van der Waals surface area contributed by atoms with Crippen molar-refractivity contribution in [1.29, 1.82) is 0 Å². The summed E-state index contributed by atoms with van der Waals surface area (Å²) in [5.41, 5.74) is 0.381. The Labute approximate surface area is 72.0 Å². The van der Waals surface area contributed by atoms with Crippen molar-refractivity contribution in [3.8, 4) is 5.88 Å². The summed E-state index contributed by atoms with van der Waals surface area (Å²) in [7, 11) is 1.93. The van der Waals surface area contributed by atoms with Crippen LogP contribution in [0.1, 0.15) is 32.0 Å². The van der Waals surface area contributed by atoms with Crippen LogP contribution in [-0.2, 0) is 7.05 Å². The van der Waals surface area contributed by atoms with Crippen LogP contribution < -0.4 is 0 Å². The van der Waals surface area contributed by atoms with Crippen LogP contribution in [0, 0.1) is 5.41 Å². The fourth-order valence-corrected chi connectivity index (χ4v) is 1.70. The predicted molar refractivity (Wildman–Crippen MR) is 46.0 cm³/mol. The van der Waals surface area contributed by atoms with Gasteiger partial charge in [-0.2, -0.15) is 4.98 Å². The monoisotopic (exact) mass is 166 g/mol. The normalized spacial score (nSPS) is 25.8. The maximum absolute atomic E-state index is 9.15. The van der Waals surface area contributed by atoms with Crippen molar-refractivity contribution in [2.24, 2.45) is 12.5 Å². The van der Waals surface area contributed by atoms with Gasteiger partial charge in [-0.25, -0.2) is 0 Å². The highest BCUT2D eigenvalue weighted by Gasteiger charge is 2.49. The van der Waals surface area contributed by atoms with Gasteiger partial charge in [0.1, 0.15) is 5.82 Å². The van der Waals surface area contributed by atoms with Crippen LogP contribution in [0.5, 0.6) is 5.88 Å². The van der Waals surface area contributed by atoms with E-state index in [0.717, 1.165) is 5.82 Å². The van der Waals surface area contributed by atoms with Gasteiger partial charge in [0, 0.05) is 13.0 Å². The Bertz CT molecular complexity index is 314. The molecule has 1 aromatic rings. The number of hydrogen-bond acceptors (Lipinski definition) is 2. The number of imidazole rings is 1. The SMILES string of the molecule is Cn1cc(O)nc1C1CC1(C)C. The highest BCUT2D eigenvalue weighted by Crippen LogP contribution is 2.58. The summed E-state index contributed by atoms with van der Waals surface area (Å²) in [5, 5.41) is 9.15. The van der Waals surface area contributed by atoms with Crippen molar-refractivity contribution in [2.45, 2.75) is 26.2 Å². The van der Waals surface area contributed by atoms with Gasteiger partial charge in [0.25, 0.3) is 0 Å². The van der Waals surface area contributed by atoms with Gasteiger partial charge in [-0.15, -0.1) is 0 Å². The van der Waals surface area contributed by atoms with Gasteiger partial charge >= 0.3 is 0 Å². The number of aromatic nitrogens is 2. The topological polar surface area (TPSA) is 38.0 Å². The van der Waals surface area contributed by atoms with E-state index in [1.807, 2.05) is 11.6 Å². The average Bonchev–Trinajstić information content (AvgIpc) is 2.40. The van der Waals surface area contributed by atoms with Crippen molar-refractivity contribution in [3.63, 3.8) is 0 Å². The molecule has 0 aliphatic heterocycles. The van der Waals surface area contributed by atoms with E-state index in [9.17, 15) is 0 Å². The summed E-state index contributed by atoms with van der Waals surface area (Å²) < 4.78 is 1.91. The molecule has 1 atom stereocenters. The van der Waals surface area contributed by atoms with Crippen molar-refractivity contribution >= 4 is 0 Å². The minimum absolute atomic E-state index is 0.134. The summed E-state index contributed by atoms with van der Waals surface area (Å²) in [5.74, 6) is 1.68. The van der Waals surface area contributed by atoms with Gasteiger partial charge < -0.3 is 9.67 Å². The van der Waals surface area contributed by atoms with Crippen molar-refractivity contribution in [1.82, 2.24) is 9.55 Å². The van der Waals surface area contributed by atoms with Gasteiger partial charge in [-0.3, -0.25) is 0 Å². The Balaban J connectivity index is 2.30. The molecule has 1 aliphatic carbocycles. The number of aryl methyl sites for hydroxylation is 1. The molecule has 0 saturated heterocycles. The molecule has 1 heterocycles. The van der Waals surface area contributed by atoms with E-state index in [4.69, 9.17) is 5.11 Å². The van der Waals surface area contributed by atoms with Gasteiger partial charge in [-0.1, -0.05) is 13.8 Å². The lowest BCUT2D eigenvalue weighted by Crippen LogP contribution is -1.98. The van der Waals surface area contributed by atoms with Crippen LogP contribution in [0.15, 0.2) is 6.20 Å². The van der Waals surface area contributed by atoms with Gasteiger partial charge in [0.2, 0.25) is 5.88 Å². The molecule has 0 radical (unpaired) electrons. The van der Waals surface area contributed by atoms with Gasteiger partial charge in [-0.05, 0) is 11.8 Å². The second-order valence-electron chi connectivity index (χ2n) is 4.31. The zero-order chi connectivity index (χ0) is 8.93. The van der Waals surface area contributed by atoms with Crippen molar-refractivity contribution in [3.05, 3.63) is 12.0 Å². The molecule has 1 aliphatic rings. The van der Waals surface area contributed by atoms with Crippen LogP contribution in [0.25, 0.3) is 0 Å². The largest absolute Gasteiger partial charge is 0.492 e. The molecule has 0 spiro atoms. The van der Waals surface area contributed by atoms with Crippen molar-refractivity contribution < 1.29 is 5.11 Å². The molecule has 1 unspecified atom stereocenters. The highest BCUT2D eigenvalue weighted by molar-refractivity contribution is 5.20. The fourth-order valence-electron chi connectivity index (χ4n) is 1.70. The first kappa shape index (κ1) is 7.65. The molecule has 1 aromatic heterocycles. The fraction of sp³-hybridized carbons (Fsp3) is 0.667. The molecule has 66 valence electrons. The summed E-state index contributed by atoms with van der Waals surface area (Å²) in [6, 6.07) is 0. The third kappa shape index (κ3) is 1.00. The zero-order valence-corrected chi connectivity index (χ0v) is 7.70. The summed E-state index contributed by atoms with van der Waals surface area (Å²) >= 11 is 0. The van der Waals surface area contributed by atoms with Crippen LogP contribution in [0.2, 0.25) is 0 Å². The minimum Gasteiger partial charge on any atom is -0.492 e. The van der Waals surface area contributed by atoms with E-state index in [0.29, 0.717) is 11.3 Å². The Kier molecular flexibility index (Phi) is 1.29. The number of nitrogens with zero attached hydrogens (tertiary/aromatic N) is 2. The smallest absolute Gasteiger partial charge is 0.229 e. The molecule has 2 rings (SSSR count). The standard InChI is InChI=1S/C9H14N2O/c1-9(2)4-6(9)8-10-7(12)5-11(8)3/h5-6,12H,4H2,1-3H3. The molecule has 1 saturated carbocycles. The number of rotatable bonds is 1. The molecule has 0 amide bonds. The van der Waals surface area contributed by atoms with Gasteiger partial charge in [0.15, 0.2) is 0 Å². The third-order valence-corrected chi connectivity index (χ3v) is 2.72. The van der Waals surface area contributed by atoms with E-state index in [1.165, 1.54) is 6.42 Å². The summed E-state index contributed by atoms with van der Waals surface area (Å²) in [4.78, 5) is 4.09. The third-order valence-electron chi connectivity index (χ3n) is 2.72. The second kappa shape index (κ2) is 2.03. The van der Waals surface area contributed by atoms with E-state index in [1.54, 1.807) is 6.20 Å². The molecule has 0 aromatic carbocycles. The molecular formula is C9H14N2O. The average molecular weight is 166 g/mol. The molecule has 1 fully saturated rings. The molecule has 0 bridgehead atoms. The van der Waals surface area contributed by atoms with E-state index >= 15 is 0 Å². The Morgan fingerprint density at radius 3 is 2.58 bits per heavy atom. The van der Waals surface area contributed by atoms with Crippen LogP contribution in [-0.4, -0.2) is 14.7 Å². The lowest BCUT2D eigenvalue weighted by atomic mass is 10.1. The summed E-state index contributed by atoms with van der Waals surface area (Å²) in [6.45, 7) is 4.45. The second-order valence-corrected chi connectivity index (χ2v) is 4.31. The Hall–Kier alpha value is -0.990. The molecule has 3 heteroatoms. The Morgan fingerprint density at radius 2 is 2.25 bits per heavy atom. The first-order valence-corrected chi connectivity index (χ1v) is 4.23. The number of aromatic hydroxyl groups is 1. The number of hydrogen-bond donors (Lipinski definition) is 1. The Morgan fingerprint density at radius 1 is 1.67 bits per heavy atom. The lowest BCUT2D eigenvalue weighted by Gasteiger charge is -2.02. The maximum atomic E-state index is 9.15. The lowest BCUT2D eigenvalue weighted by molar-refractivity contribution is 0.454. The van der Waals surface area contributed by atoms with Gasteiger partial charge in [0.05, 0.1) is 6.20 Å². The van der Waals surface area contributed by atoms with Crippen LogP contribution in [0.3, 0.4) is 0 Å². The molecular weight excluding hydrogens is 152 g/mol. The quantitative estimate of drug-likeness (QED) is 0.688. The maximum Gasteiger partial charge on any atom is 0.229 e. The van der Waals surface area contributed by atoms with Crippen LogP contribution in [0.4, 0.5) is 0 Å². The molecule has 1 N–H and O–H groups in total. The minimum atomic E-state index is 0.134. The first-order valence-electron chi connectivity index (χ1n) is 4.23. The predicted octanol–water partition coefficient (Wildman–Crippen LogP) is 1.64. The first-order chi connectivity index (χ1) is 5.50. The van der Waals surface area contributed by atoms with E-state index < -0.39 is 0 Å².